The lowest BCUT2D eigenvalue weighted by molar-refractivity contribution is 0.582. The molecule has 0 aliphatic heterocycles. The average Bonchev–Trinajstić information content (AvgIpc) is 2.31. The van der Waals surface area contributed by atoms with Gasteiger partial charge >= 0.3 is 0 Å². The molecule has 0 fully saturated rings. The fraction of sp³-hybridized carbons (Fsp3) is 0.750. The Labute approximate surface area is 69.6 Å². The molecule has 0 aliphatic rings. The largest absolute Gasteiger partial charge is 0.229 e. The molecule has 0 atom stereocenters. The van der Waals surface area contributed by atoms with Crippen LogP contribution in [0.4, 0.5) is 0 Å². The van der Waals surface area contributed by atoms with Crippen LogP contribution in [0.2, 0.25) is 0 Å². The predicted octanol–water partition coefficient (Wildman–Crippen LogP) is -1.52. The number of hydrogen-bond donors (Lipinski definition) is 1. The van der Waals surface area contributed by atoms with E-state index in [1.54, 1.807) is 0 Å². The van der Waals surface area contributed by atoms with Gasteiger partial charge in [0, 0.05) is 6.54 Å². The minimum absolute atomic E-state index is 0.264. The maximum absolute atomic E-state index is 10.6. The fourth-order valence-corrected chi connectivity index (χ4v) is 1.32. The van der Waals surface area contributed by atoms with Gasteiger partial charge in [-0.1, -0.05) is 0 Å². The van der Waals surface area contributed by atoms with E-state index in [0.717, 1.165) is 0 Å². The maximum Gasteiger partial charge on any atom is 0.216 e. The van der Waals surface area contributed by atoms with Gasteiger partial charge in [0.1, 0.15) is 5.75 Å². The Morgan fingerprint density at radius 3 is 2.75 bits per heavy atom. The van der Waals surface area contributed by atoms with E-state index in [1.807, 2.05) is 6.92 Å². The third-order valence-corrected chi connectivity index (χ3v) is 1.90. The minimum Gasteiger partial charge on any atom is -0.229 e. The molecular formula is C4H9N5O2S. The molecule has 12 heavy (non-hydrogen) atoms. The highest BCUT2D eigenvalue weighted by atomic mass is 32.2. The second kappa shape index (κ2) is 3.15. The Bertz CT molecular complexity index is 355. The lowest BCUT2D eigenvalue weighted by Crippen LogP contribution is -2.18. The van der Waals surface area contributed by atoms with Crippen LogP contribution >= 0.6 is 0 Å². The third-order valence-electron chi connectivity index (χ3n) is 1.24. The first kappa shape index (κ1) is 9.07. The molecule has 8 heteroatoms. The molecule has 0 aliphatic carbocycles. The highest BCUT2D eigenvalue weighted by molar-refractivity contribution is 7.88. The van der Waals surface area contributed by atoms with Gasteiger partial charge in [-0.15, -0.1) is 5.10 Å². The van der Waals surface area contributed by atoms with Crippen LogP contribution in [0.15, 0.2) is 0 Å². The maximum atomic E-state index is 10.6. The Morgan fingerprint density at radius 2 is 2.25 bits per heavy atom. The van der Waals surface area contributed by atoms with Gasteiger partial charge in [-0.3, -0.25) is 0 Å². The van der Waals surface area contributed by atoms with E-state index < -0.39 is 10.0 Å². The van der Waals surface area contributed by atoms with E-state index in [2.05, 4.69) is 15.5 Å². The smallest absolute Gasteiger partial charge is 0.216 e. The number of nitrogens with zero attached hydrogens (tertiary/aromatic N) is 4. The SMILES string of the molecule is CCn1nnnc1CS(N)(=O)=O. The van der Waals surface area contributed by atoms with Gasteiger partial charge in [0.2, 0.25) is 10.0 Å². The first-order valence-corrected chi connectivity index (χ1v) is 5.00. The molecule has 0 bridgehead atoms. The van der Waals surface area contributed by atoms with Crippen LogP contribution in [-0.2, 0) is 22.3 Å². The molecular weight excluding hydrogens is 182 g/mol. The van der Waals surface area contributed by atoms with Crippen LogP contribution in [0.25, 0.3) is 0 Å². The van der Waals surface area contributed by atoms with Crippen molar-refractivity contribution in [3.05, 3.63) is 5.82 Å². The van der Waals surface area contributed by atoms with Gasteiger partial charge in [0.25, 0.3) is 0 Å². The minimum atomic E-state index is -3.54. The van der Waals surface area contributed by atoms with E-state index in [1.165, 1.54) is 4.68 Å². The van der Waals surface area contributed by atoms with Gasteiger partial charge in [-0.05, 0) is 17.4 Å². The van der Waals surface area contributed by atoms with Crippen LogP contribution in [0.5, 0.6) is 0 Å². The van der Waals surface area contributed by atoms with Gasteiger partial charge in [0.15, 0.2) is 5.82 Å². The first-order chi connectivity index (χ1) is 5.53. The lowest BCUT2D eigenvalue weighted by Gasteiger charge is -1.97. The molecule has 0 spiro atoms. The monoisotopic (exact) mass is 191 g/mol. The number of aromatic nitrogens is 4. The Kier molecular flexibility index (Phi) is 2.38. The Balaban J connectivity index is 2.89. The molecule has 7 nitrogen and oxygen atoms in total. The van der Waals surface area contributed by atoms with E-state index in [4.69, 9.17) is 5.14 Å². The summed E-state index contributed by atoms with van der Waals surface area (Å²) in [6.45, 7) is 2.33. The van der Waals surface area contributed by atoms with Crippen molar-refractivity contribution >= 4 is 10.0 Å². The van der Waals surface area contributed by atoms with Crippen LogP contribution in [0, 0.1) is 0 Å². The quantitative estimate of drug-likeness (QED) is 0.625. The van der Waals surface area contributed by atoms with Crippen molar-refractivity contribution in [3.8, 4) is 0 Å². The van der Waals surface area contributed by atoms with E-state index in [0.29, 0.717) is 6.54 Å². The molecule has 1 aromatic heterocycles. The predicted molar refractivity (Wildman–Crippen MR) is 40.3 cm³/mol. The summed E-state index contributed by atoms with van der Waals surface area (Å²) in [7, 11) is -3.54. The van der Waals surface area contributed by atoms with Crippen molar-refractivity contribution in [2.45, 2.75) is 19.2 Å². The summed E-state index contributed by atoms with van der Waals surface area (Å²) in [5.41, 5.74) is 0. The molecule has 0 saturated carbocycles. The van der Waals surface area contributed by atoms with Gasteiger partial charge < -0.3 is 0 Å². The fourth-order valence-electron chi connectivity index (χ4n) is 0.752. The highest BCUT2D eigenvalue weighted by Crippen LogP contribution is 1.96. The summed E-state index contributed by atoms with van der Waals surface area (Å²) >= 11 is 0. The zero-order valence-electron chi connectivity index (χ0n) is 6.51. The van der Waals surface area contributed by atoms with Crippen molar-refractivity contribution < 1.29 is 8.42 Å². The Morgan fingerprint density at radius 1 is 1.58 bits per heavy atom. The molecule has 0 amide bonds. The van der Waals surface area contributed by atoms with Gasteiger partial charge in [-0.25, -0.2) is 18.2 Å². The number of primary sulfonamides is 1. The molecule has 0 aromatic carbocycles. The third kappa shape index (κ3) is 2.24. The topological polar surface area (TPSA) is 104 Å². The average molecular weight is 191 g/mol. The standard InChI is InChI=1S/C4H9N5O2S/c1-2-9-4(6-7-8-9)3-12(5,10)11/h2-3H2,1H3,(H2,5,10,11). The molecule has 0 unspecified atom stereocenters. The van der Waals surface area contributed by atoms with Crippen molar-refractivity contribution in [1.29, 1.82) is 0 Å². The zero-order valence-corrected chi connectivity index (χ0v) is 7.32. The number of aryl methyl sites for hydroxylation is 1. The van der Waals surface area contributed by atoms with E-state index in [-0.39, 0.29) is 11.6 Å². The summed E-state index contributed by atoms with van der Waals surface area (Å²) in [5, 5.41) is 15.2. The number of sulfonamides is 1. The molecule has 68 valence electrons. The number of rotatable bonds is 3. The van der Waals surface area contributed by atoms with Crippen LogP contribution in [0.3, 0.4) is 0 Å². The van der Waals surface area contributed by atoms with E-state index >= 15 is 0 Å². The van der Waals surface area contributed by atoms with Gasteiger partial charge in [0.05, 0.1) is 0 Å². The molecule has 1 heterocycles. The molecule has 1 aromatic rings. The van der Waals surface area contributed by atoms with Gasteiger partial charge in [-0.2, -0.15) is 0 Å². The van der Waals surface area contributed by atoms with Crippen LogP contribution < -0.4 is 5.14 Å². The highest BCUT2D eigenvalue weighted by Gasteiger charge is 2.11. The molecule has 1 rings (SSSR count). The molecule has 0 radical (unpaired) electrons. The van der Waals surface area contributed by atoms with E-state index in [9.17, 15) is 8.42 Å². The summed E-state index contributed by atoms with van der Waals surface area (Å²) in [6, 6.07) is 0. The summed E-state index contributed by atoms with van der Waals surface area (Å²) in [5.74, 6) is -0.0617. The van der Waals surface area contributed by atoms with Crippen molar-refractivity contribution in [3.63, 3.8) is 0 Å². The second-order valence-electron chi connectivity index (χ2n) is 2.22. The Hall–Kier alpha value is -1.02. The van der Waals surface area contributed by atoms with Crippen molar-refractivity contribution in [2.75, 3.05) is 0 Å². The lowest BCUT2D eigenvalue weighted by atomic mass is 10.6. The number of nitrogens with two attached hydrogens (primary N) is 1. The van der Waals surface area contributed by atoms with Crippen LogP contribution in [-0.4, -0.2) is 28.6 Å². The molecule has 2 N–H and O–H groups in total. The normalized spacial score (nSPS) is 11.8. The van der Waals surface area contributed by atoms with Crippen LogP contribution in [0.1, 0.15) is 12.7 Å². The summed E-state index contributed by atoms with van der Waals surface area (Å²) < 4.78 is 22.7. The summed E-state index contributed by atoms with van der Waals surface area (Å²) in [4.78, 5) is 0. The second-order valence-corrected chi connectivity index (χ2v) is 3.83. The van der Waals surface area contributed by atoms with Crippen molar-refractivity contribution in [1.82, 2.24) is 20.2 Å². The number of tetrazole rings is 1. The van der Waals surface area contributed by atoms with Crippen molar-refractivity contribution in [2.24, 2.45) is 5.14 Å². The summed E-state index contributed by atoms with van der Waals surface area (Å²) in [6.07, 6.45) is 0. The molecule has 0 saturated heterocycles. The number of hydrogen-bond acceptors (Lipinski definition) is 5. The zero-order chi connectivity index (χ0) is 9.19. The first-order valence-electron chi connectivity index (χ1n) is 3.28.